The van der Waals surface area contributed by atoms with Crippen LogP contribution in [0.5, 0.6) is 11.5 Å². The van der Waals surface area contributed by atoms with Crippen molar-refractivity contribution < 1.29 is 23.5 Å². The Labute approximate surface area is 272 Å². The summed E-state index contributed by atoms with van der Waals surface area (Å²) in [6.45, 7) is 0.0604. The molecule has 1 aliphatic rings. The minimum Gasteiger partial charge on any atom is -0.493 e. The van der Waals surface area contributed by atoms with E-state index >= 15 is 0 Å². The predicted molar refractivity (Wildman–Crippen MR) is 174 cm³/mol. The lowest BCUT2D eigenvalue weighted by molar-refractivity contribution is -0.130. The van der Waals surface area contributed by atoms with Gasteiger partial charge in [0.1, 0.15) is 5.82 Å². The van der Waals surface area contributed by atoms with Crippen molar-refractivity contribution >= 4 is 40.6 Å². The molecule has 0 fully saturated rings. The first-order valence-electron chi connectivity index (χ1n) is 14.3. The molecule has 0 saturated carbocycles. The molecule has 10 nitrogen and oxygen atoms in total. The van der Waals surface area contributed by atoms with E-state index in [1.165, 1.54) is 28.9 Å². The van der Waals surface area contributed by atoms with Gasteiger partial charge >= 0.3 is 0 Å². The Morgan fingerprint density at radius 3 is 2.50 bits per heavy atom. The average Bonchev–Trinajstić information content (AvgIpc) is 3.87. The maximum Gasteiger partial charge on any atom is 0.253 e. The fourth-order valence-electron chi connectivity index (χ4n) is 5.15. The second-order valence-corrected chi connectivity index (χ2v) is 12.0. The molecule has 3 aromatic carbocycles. The number of ether oxygens (including phenoxy) is 2. The van der Waals surface area contributed by atoms with E-state index < -0.39 is 11.9 Å². The molecule has 0 spiro atoms. The minimum absolute atomic E-state index is 0.0142. The van der Waals surface area contributed by atoms with Crippen LogP contribution in [0.1, 0.15) is 39.1 Å². The number of thiophene rings is 1. The first-order chi connectivity index (χ1) is 22.5. The van der Waals surface area contributed by atoms with Crippen LogP contribution in [-0.2, 0) is 11.3 Å². The minimum atomic E-state index is -0.422. The van der Waals surface area contributed by atoms with Gasteiger partial charge in [0.25, 0.3) is 11.8 Å². The number of hydrogen-bond acceptors (Lipinski definition) is 9. The van der Waals surface area contributed by atoms with Crippen molar-refractivity contribution in [1.82, 2.24) is 25.1 Å². The number of amides is 2. The Balaban J connectivity index is 1.26. The van der Waals surface area contributed by atoms with E-state index in [9.17, 15) is 14.0 Å². The van der Waals surface area contributed by atoms with Crippen LogP contribution >= 0.6 is 23.1 Å². The zero-order valence-electron chi connectivity index (χ0n) is 24.9. The number of carbonyl (C=O) groups excluding carboxylic acids is 2. The third-order valence-corrected chi connectivity index (χ3v) is 9.15. The van der Waals surface area contributed by atoms with E-state index in [4.69, 9.17) is 14.6 Å². The topological polar surface area (TPSA) is 111 Å². The van der Waals surface area contributed by atoms with Crippen LogP contribution in [-0.4, -0.2) is 57.3 Å². The summed E-state index contributed by atoms with van der Waals surface area (Å²) in [6, 6.07) is 23.8. The Bertz CT molecular complexity index is 1860. The van der Waals surface area contributed by atoms with Crippen LogP contribution in [0, 0.1) is 5.82 Å². The second-order valence-electron chi connectivity index (χ2n) is 10.1. The average molecular weight is 657 g/mol. The highest BCUT2D eigenvalue weighted by molar-refractivity contribution is 7.99. The molecule has 2 amide bonds. The molecule has 5 aromatic rings. The SMILES string of the molecule is COc1cccc([C@H]2CC(c3cccs3)=NN2C(=O)CSc2nnc(CNC(=O)c3ccccc3)n2-c2ccc(F)cc2)c1OC. The van der Waals surface area contributed by atoms with Crippen LogP contribution in [0.2, 0.25) is 0 Å². The van der Waals surface area contributed by atoms with Gasteiger partial charge in [-0.2, -0.15) is 5.10 Å². The first kappa shape index (κ1) is 31.0. The summed E-state index contributed by atoms with van der Waals surface area (Å²) >= 11 is 2.73. The second kappa shape index (κ2) is 14.0. The highest BCUT2D eigenvalue weighted by atomic mass is 32.2. The number of methoxy groups -OCH3 is 2. The molecule has 2 aromatic heterocycles. The molecule has 234 valence electrons. The van der Waals surface area contributed by atoms with E-state index in [1.807, 2.05) is 41.8 Å². The van der Waals surface area contributed by atoms with Gasteiger partial charge in [0, 0.05) is 23.2 Å². The standard InChI is InChI=1S/C33H29FN6O4S2/c1-43-27-11-6-10-24(31(27)44-2)26-18-25(28-12-7-17-45-28)38-40(26)30(41)20-46-33-37-36-29(39(33)23-15-13-22(34)14-16-23)19-35-32(42)21-8-4-3-5-9-21/h3-17,26H,18-20H2,1-2H3,(H,35,42)/t26-/m1/s1. The van der Waals surface area contributed by atoms with Crippen LogP contribution in [0.4, 0.5) is 4.39 Å². The van der Waals surface area contributed by atoms with Gasteiger partial charge < -0.3 is 14.8 Å². The van der Waals surface area contributed by atoms with Gasteiger partial charge in [-0.05, 0) is 53.9 Å². The number of rotatable bonds is 11. The molecule has 0 aliphatic carbocycles. The Hall–Kier alpha value is -5.01. The molecule has 3 heterocycles. The van der Waals surface area contributed by atoms with E-state index in [2.05, 4.69) is 15.5 Å². The first-order valence-corrected chi connectivity index (χ1v) is 16.1. The van der Waals surface area contributed by atoms with Crippen LogP contribution in [0.3, 0.4) is 0 Å². The van der Waals surface area contributed by atoms with Gasteiger partial charge in [0.2, 0.25) is 0 Å². The van der Waals surface area contributed by atoms with E-state index in [0.29, 0.717) is 40.2 Å². The maximum absolute atomic E-state index is 13.9. The zero-order valence-corrected chi connectivity index (χ0v) is 26.6. The van der Waals surface area contributed by atoms with Crippen molar-refractivity contribution in [1.29, 1.82) is 0 Å². The molecule has 0 unspecified atom stereocenters. The third-order valence-electron chi connectivity index (χ3n) is 7.32. The normalized spacial score (nSPS) is 14.2. The number of nitrogens with one attached hydrogen (secondary N) is 1. The highest BCUT2D eigenvalue weighted by Crippen LogP contribution is 2.42. The summed E-state index contributed by atoms with van der Waals surface area (Å²) in [4.78, 5) is 27.6. The summed E-state index contributed by atoms with van der Waals surface area (Å²) in [7, 11) is 3.14. The largest absolute Gasteiger partial charge is 0.493 e. The third kappa shape index (κ3) is 6.51. The summed E-state index contributed by atoms with van der Waals surface area (Å²) < 4.78 is 26.8. The Morgan fingerprint density at radius 2 is 1.78 bits per heavy atom. The maximum atomic E-state index is 13.9. The van der Waals surface area contributed by atoms with E-state index in [0.717, 1.165) is 16.2 Å². The summed E-state index contributed by atoms with van der Waals surface area (Å²) in [5.41, 5.74) is 2.67. The summed E-state index contributed by atoms with van der Waals surface area (Å²) in [5.74, 6) is 0.591. The van der Waals surface area contributed by atoms with Crippen molar-refractivity contribution in [2.24, 2.45) is 5.10 Å². The lowest BCUT2D eigenvalue weighted by Crippen LogP contribution is -2.29. The lowest BCUT2D eigenvalue weighted by atomic mass is 9.99. The van der Waals surface area contributed by atoms with Crippen molar-refractivity contribution in [2.45, 2.75) is 24.2 Å². The predicted octanol–water partition coefficient (Wildman–Crippen LogP) is 5.89. The smallest absolute Gasteiger partial charge is 0.253 e. The van der Waals surface area contributed by atoms with Gasteiger partial charge in [-0.25, -0.2) is 9.40 Å². The highest BCUT2D eigenvalue weighted by Gasteiger charge is 2.36. The fraction of sp³-hybridized carbons (Fsp3) is 0.182. The van der Waals surface area contributed by atoms with Crippen molar-refractivity contribution in [2.75, 3.05) is 20.0 Å². The quantitative estimate of drug-likeness (QED) is 0.177. The molecule has 1 N–H and O–H groups in total. The van der Waals surface area contributed by atoms with Crippen molar-refractivity contribution in [3.05, 3.63) is 118 Å². The van der Waals surface area contributed by atoms with Gasteiger partial charge in [-0.3, -0.25) is 14.2 Å². The molecule has 6 rings (SSSR count). The summed E-state index contributed by atoms with van der Waals surface area (Å²) in [5, 5.41) is 20.2. The lowest BCUT2D eigenvalue weighted by Gasteiger charge is -2.24. The zero-order chi connectivity index (χ0) is 32.0. The molecular weight excluding hydrogens is 628 g/mol. The molecule has 0 radical (unpaired) electrons. The molecule has 1 aliphatic heterocycles. The van der Waals surface area contributed by atoms with Crippen molar-refractivity contribution in [3.63, 3.8) is 0 Å². The van der Waals surface area contributed by atoms with Gasteiger partial charge in [-0.15, -0.1) is 21.5 Å². The molecule has 1 atom stereocenters. The molecule has 46 heavy (non-hydrogen) atoms. The number of nitrogens with zero attached hydrogens (tertiary/aromatic N) is 5. The number of para-hydroxylation sites is 1. The van der Waals surface area contributed by atoms with Crippen LogP contribution in [0.15, 0.2) is 101 Å². The van der Waals surface area contributed by atoms with E-state index in [-0.39, 0.29) is 24.1 Å². The fourth-order valence-corrected chi connectivity index (χ4v) is 6.69. The number of thioether (sulfide) groups is 1. The number of benzene rings is 3. The van der Waals surface area contributed by atoms with Gasteiger partial charge in [-0.1, -0.05) is 48.2 Å². The molecule has 13 heteroatoms. The van der Waals surface area contributed by atoms with Crippen LogP contribution < -0.4 is 14.8 Å². The Morgan fingerprint density at radius 1 is 0.978 bits per heavy atom. The molecular formula is C33H29FN6O4S2. The number of halogens is 1. The molecule has 0 bridgehead atoms. The van der Waals surface area contributed by atoms with Crippen molar-refractivity contribution in [3.8, 4) is 17.2 Å². The molecule has 0 saturated heterocycles. The van der Waals surface area contributed by atoms with E-state index in [1.54, 1.807) is 66.5 Å². The number of carbonyl (C=O) groups is 2. The van der Waals surface area contributed by atoms with Gasteiger partial charge in [0.05, 0.1) is 43.1 Å². The van der Waals surface area contributed by atoms with Crippen LogP contribution in [0.25, 0.3) is 5.69 Å². The monoisotopic (exact) mass is 656 g/mol. The Kier molecular flexibility index (Phi) is 9.41. The number of hydrogen-bond donors (Lipinski definition) is 1. The van der Waals surface area contributed by atoms with Gasteiger partial charge in [0.15, 0.2) is 22.5 Å². The number of hydrazone groups is 1. The summed E-state index contributed by atoms with van der Waals surface area (Å²) in [6.07, 6.45) is 0.497. The number of aromatic nitrogens is 3.